The third-order valence-electron chi connectivity index (χ3n) is 8.17. The number of aliphatic hydroxyl groups is 1. The lowest BCUT2D eigenvalue weighted by Gasteiger charge is -2.38. The number of hydrogen-bond donors (Lipinski definition) is 1. The van der Waals surface area contributed by atoms with E-state index in [2.05, 4.69) is 42.5 Å². The van der Waals surface area contributed by atoms with Crippen LogP contribution in [-0.2, 0) is 11.2 Å². The van der Waals surface area contributed by atoms with Gasteiger partial charge in [0.2, 0.25) is 0 Å². The summed E-state index contributed by atoms with van der Waals surface area (Å²) in [7, 11) is 3.27. The fourth-order valence-electron chi connectivity index (χ4n) is 6.35. The molecule has 0 amide bonds. The van der Waals surface area contributed by atoms with E-state index in [0.29, 0.717) is 11.5 Å². The van der Waals surface area contributed by atoms with E-state index in [0.717, 1.165) is 55.5 Å². The van der Waals surface area contributed by atoms with Crippen molar-refractivity contribution >= 4 is 16.8 Å². The molecule has 1 aliphatic carbocycles. The number of rotatable bonds is 4. The molecule has 4 heteroatoms. The number of hydrogen-bond acceptors (Lipinski definition) is 4. The summed E-state index contributed by atoms with van der Waals surface area (Å²) in [5.41, 5.74) is 4.45. The molecule has 1 unspecified atom stereocenters. The first-order valence-corrected chi connectivity index (χ1v) is 13.1. The number of fused-ring (bicyclic) bond motifs is 8. The van der Waals surface area contributed by atoms with Gasteiger partial charge in [-0.1, -0.05) is 84.9 Å². The molecule has 1 N–H and O–H groups in total. The Bertz CT molecular complexity index is 1730. The number of benzene rings is 5. The van der Waals surface area contributed by atoms with E-state index in [1.165, 1.54) is 0 Å². The van der Waals surface area contributed by atoms with Crippen LogP contribution in [0.3, 0.4) is 0 Å². The van der Waals surface area contributed by atoms with Gasteiger partial charge in [-0.05, 0) is 53.1 Å². The maximum Gasteiger partial charge on any atom is 0.178 e. The van der Waals surface area contributed by atoms with E-state index in [-0.39, 0.29) is 0 Å². The molecule has 1 atom stereocenters. The second kappa shape index (κ2) is 8.48. The van der Waals surface area contributed by atoms with Crippen molar-refractivity contribution in [1.82, 2.24) is 0 Å². The molecule has 5 aromatic rings. The predicted molar refractivity (Wildman–Crippen MR) is 154 cm³/mol. The Morgan fingerprint density at radius 1 is 0.718 bits per heavy atom. The number of ether oxygens (including phenoxy) is 3. The van der Waals surface area contributed by atoms with Crippen LogP contribution < -0.4 is 14.2 Å². The predicted octanol–water partition coefficient (Wildman–Crippen LogP) is 7.44. The summed E-state index contributed by atoms with van der Waals surface area (Å²) < 4.78 is 18.6. The van der Waals surface area contributed by atoms with Crippen LogP contribution >= 0.6 is 0 Å². The zero-order chi connectivity index (χ0) is 26.8. The molecule has 192 valence electrons. The molecule has 0 saturated carbocycles. The van der Waals surface area contributed by atoms with Crippen molar-refractivity contribution in [1.29, 1.82) is 0 Å². The van der Waals surface area contributed by atoms with Gasteiger partial charge >= 0.3 is 0 Å². The zero-order valence-corrected chi connectivity index (χ0v) is 22.1. The topological polar surface area (TPSA) is 47.9 Å². The largest absolute Gasteiger partial charge is 0.493 e. The summed E-state index contributed by atoms with van der Waals surface area (Å²) in [6.45, 7) is 1.86. The minimum atomic E-state index is -1.23. The second-order valence-corrected chi connectivity index (χ2v) is 10.3. The van der Waals surface area contributed by atoms with E-state index in [4.69, 9.17) is 14.2 Å². The molecule has 5 aromatic carbocycles. The minimum absolute atomic E-state index is 0.613. The Morgan fingerprint density at radius 3 is 1.90 bits per heavy atom. The lowest BCUT2D eigenvalue weighted by molar-refractivity contribution is 0.108. The lowest BCUT2D eigenvalue weighted by Crippen LogP contribution is -2.34. The Labute approximate surface area is 227 Å². The summed E-state index contributed by atoms with van der Waals surface area (Å²) in [5, 5.41) is 13.9. The van der Waals surface area contributed by atoms with E-state index in [1.807, 2.05) is 73.7 Å². The third kappa shape index (κ3) is 3.22. The van der Waals surface area contributed by atoms with Gasteiger partial charge in [-0.3, -0.25) is 0 Å². The van der Waals surface area contributed by atoms with Crippen LogP contribution in [0.2, 0.25) is 0 Å². The average Bonchev–Trinajstić information content (AvgIpc) is 3.24. The Kier molecular flexibility index (Phi) is 5.13. The quantitative estimate of drug-likeness (QED) is 0.272. The van der Waals surface area contributed by atoms with Crippen LogP contribution in [0.4, 0.5) is 0 Å². The van der Waals surface area contributed by atoms with Crippen LogP contribution in [0.15, 0.2) is 103 Å². The summed E-state index contributed by atoms with van der Waals surface area (Å²) in [6, 6.07) is 32.6. The number of methoxy groups -OCH3 is 2. The monoisotopic (exact) mass is 512 g/mol. The molecule has 0 bridgehead atoms. The fraction of sp³-hybridized carbons (Fsp3) is 0.143. The highest BCUT2D eigenvalue weighted by atomic mass is 16.5. The van der Waals surface area contributed by atoms with Gasteiger partial charge in [0.1, 0.15) is 11.4 Å². The van der Waals surface area contributed by atoms with E-state index >= 15 is 0 Å². The van der Waals surface area contributed by atoms with Crippen LogP contribution in [0, 0.1) is 0 Å². The molecule has 2 aliphatic rings. The summed E-state index contributed by atoms with van der Waals surface area (Å²) in [5.74, 6) is 1.98. The molecular formula is C35H28O4. The van der Waals surface area contributed by atoms with Crippen molar-refractivity contribution < 1.29 is 19.3 Å². The van der Waals surface area contributed by atoms with E-state index < -0.39 is 11.2 Å². The van der Waals surface area contributed by atoms with Gasteiger partial charge < -0.3 is 19.3 Å². The van der Waals surface area contributed by atoms with Gasteiger partial charge in [-0.15, -0.1) is 0 Å². The Hall–Kier alpha value is -4.54. The molecule has 0 fully saturated rings. The molecule has 1 heterocycles. The smallest absolute Gasteiger partial charge is 0.178 e. The van der Waals surface area contributed by atoms with Crippen molar-refractivity contribution in [3.05, 3.63) is 131 Å². The molecule has 0 radical (unpaired) electrons. The summed E-state index contributed by atoms with van der Waals surface area (Å²) in [6.07, 6.45) is 4.30. The highest BCUT2D eigenvalue weighted by Crippen LogP contribution is 2.59. The molecule has 0 aromatic heterocycles. The first kappa shape index (κ1) is 23.6. The van der Waals surface area contributed by atoms with Gasteiger partial charge in [-0.25, -0.2) is 0 Å². The summed E-state index contributed by atoms with van der Waals surface area (Å²) >= 11 is 0. The van der Waals surface area contributed by atoms with Gasteiger partial charge in [0.05, 0.1) is 14.2 Å². The lowest BCUT2D eigenvalue weighted by atomic mass is 9.81. The highest BCUT2D eigenvalue weighted by molar-refractivity contribution is 6.07. The summed E-state index contributed by atoms with van der Waals surface area (Å²) in [4.78, 5) is 0. The van der Waals surface area contributed by atoms with Gasteiger partial charge in [0.25, 0.3) is 0 Å². The van der Waals surface area contributed by atoms with E-state index in [9.17, 15) is 5.11 Å². The van der Waals surface area contributed by atoms with Crippen molar-refractivity contribution in [2.45, 2.75) is 18.1 Å². The third-order valence-corrected chi connectivity index (χ3v) is 8.17. The van der Waals surface area contributed by atoms with Gasteiger partial charge in [0.15, 0.2) is 17.1 Å². The van der Waals surface area contributed by atoms with Gasteiger partial charge in [0, 0.05) is 27.8 Å². The van der Waals surface area contributed by atoms with Crippen LogP contribution in [0.25, 0.3) is 28.0 Å². The van der Waals surface area contributed by atoms with E-state index in [1.54, 1.807) is 14.2 Å². The maximum absolute atomic E-state index is 12.1. The standard InChI is InChI=1S/C35H28O4/c1-34(36)28-17-11-10-16-25(28)31-32(34)27-21-30(38-3)29(37-2)20-26(27)24-18-19-35(39-33(24)31,22-12-6-4-7-13-22)23-14-8-5-9-15-23/h4-21,36H,1-3H3. The van der Waals surface area contributed by atoms with Crippen molar-refractivity contribution in [2.24, 2.45) is 0 Å². The molecule has 0 spiro atoms. The normalized spacial score (nSPS) is 18.2. The molecule has 1 aliphatic heterocycles. The Morgan fingerprint density at radius 2 is 1.28 bits per heavy atom. The van der Waals surface area contributed by atoms with Crippen molar-refractivity contribution in [2.75, 3.05) is 14.2 Å². The van der Waals surface area contributed by atoms with Crippen molar-refractivity contribution in [3.8, 4) is 28.4 Å². The molecule has 7 rings (SSSR count). The molecule has 39 heavy (non-hydrogen) atoms. The first-order chi connectivity index (χ1) is 19.0. The molecular weight excluding hydrogens is 484 g/mol. The average molecular weight is 513 g/mol. The minimum Gasteiger partial charge on any atom is -0.493 e. The molecule has 4 nitrogen and oxygen atoms in total. The van der Waals surface area contributed by atoms with Gasteiger partial charge in [-0.2, -0.15) is 0 Å². The Balaban J connectivity index is 1.62. The first-order valence-electron chi connectivity index (χ1n) is 13.1. The van der Waals surface area contributed by atoms with Crippen LogP contribution in [0.5, 0.6) is 17.2 Å². The fourth-order valence-corrected chi connectivity index (χ4v) is 6.35. The molecule has 0 saturated heterocycles. The second-order valence-electron chi connectivity index (χ2n) is 10.3. The highest BCUT2D eigenvalue weighted by Gasteiger charge is 2.45. The SMILES string of the molecule is COc1cc2c3c(c4c(c2cc1OC)C(C)(O)c1ccccc1-4)OC(c1ccccc1)(c1ccccc1)C=C3. The zero-order valence-electron chi connectivity index (χ0n) is 22.1. The van der Waals surface area contributed by atoms with Crippen LogP contribution in [0.1, 0.15) is 34.7 Å². The maximum atomic E-state index is 12.1. The van der Waals surface area contributed by atoms with Crippen molar-refractivity contribution in [3.63, 3.8) is 0 Å². The van der Waals surface area contributed by atoms with Crippen LogP contribution in [-0.4, -0.2) is 19.3 Å².